The zero-order valence-corrected chi connectivity index (χ0v) is 20.4. The molecular weight excluding hydrogens is 448 g/mol. The molecule has 2 unspecified atom stereocenters. The van der Waals surface area contributed by atoms with Gasteiger partial charge in [-0.25, -0.2) is 9.48 Å². The molecular formula is C26H32N4O5. The Morgan fingerprint density at radius 3 is 2.71 bits per heavy atom. The number of aromatic nitrogens is 3. The lowest BCUT2D eigenvalue weighted by Crippen LogP contribution is -2.55. The van der Waals surface area contributed by atoms with Crippen LogP contribution in [-0.4, -0.2) is 62.3 Å². The van der Waals surface area contributed by atoms with Crippen LogP contribution in [0.25, 0.3) is 22.2 Å². The van der Waals surface area contributed by atoms with Gasteiger partial charge in [0, 0.05) is 18.7 Å². The third-order valence-corrected chi connectivity index (χ3v) is 6.35. The fourth-order valence-electron chi connectivity index (χ4n) is 4.44. The van der Waals surface area contributed by atoms with E-state index in [-0.39, 0.29) is 24.1 Å². The minimum Gasteiger partial charge on any atom is -0.506 e. The summed E-state index contributed by atoms with van der Waals surface area (Å²) in [5.41, 5.74) is 1.93. The number of carbonyl (C=O) groups is 1. The van der Waals surface area contributed by atoms with Gasteiger partial charge in [0.25, 0.3) is 0 Å². The molecule has 5 rings (SSSR count). The second kappa shape index (κ2) is 9.37. The van der Waals surface area contributed by atoms with Crippen LogP contribution in [-0.2, 0) is 9.47 Å². The van der Waals surface area contributed by atoms with E-state index in [0.29, 0.717) is 24.6 Å². The number of hydrogen-bond donors (Lipinski definition) is 1. The summed E-state index contributed by atoms with van der Waals surface area (Å²) < 4.78 is 19.7. The van der Waals surface area contributed by atoms with Gasteiger partial charge in [-0.1, -0.05) is 0 Å². The zero-order chi connectivity index (χ0) is 24.6. The Balaban J connectivity index is 1.43. The molecule has 0 spiro atoms. The molecule has 0 bridgehead atoms. The monoisotopic (exact) mass is 480 g/mol. The average molecular weight is 481 g/mol. The molecule has 2 atom stereocenters. The lowest BCUT2D eigenvalue weighted by atomic mass is 10.0. The van der Waals surface area contributed by atoms with Crippen molar-refractivity contribution in [1.29, 1.82) is 0 Å². The SMILES string of the molecule is CC(C)(C)OC(=O)N1CCC1COc1cc(-c2ccc(O)cn2)cc2c1cnn2C1CCCCO1. The predicted molar refractivity (Wildman–Crippen MR) is 130 cm³/mol. The number of nitrogens with zero attached hydrogens (tertiary/aromatic N) is 4. The van der Waals surface area contributed by atoms with Crippen LogP contribution in [0.4, 0.5) is 4.79 Å². The van der Waals surface area contributed by atoms with Gasteiger partial charge in [-0.3, -0.25) is 4.98 Å². The Morgan fingerprint density at radius 2 is 2.06 bits per heavy atom. The molecule has 2 fully saturated rings. The van der Waals surface area contributed by atoms with Crippen molar-refractivity contribution in [3.8, 4) is 22.8 Å². The van der Waals surface area contributed by atoms with E-state index in [4.69, 9.17) is 14.2 Å². The first-order valence-electron chi connectivity index (χ1n) is 12.2. The molecule has 9 nitrogen and oxygen atoms in total. The van der Waals surface area contributed by atoms with Crippen LogP contribution < -0.4 is 4.74 Å². The molecule has 186 valence electrons. The number of aromatic hydroxyl groups is 1. The van der Waals surface area contributed by atoms with Gasteiger partial charge >= 0.3 is 6.09 Å². The fourth-order valence-corrected chi connectivity index (χ4v) is 4.44. The molecule has 35 heavy (non-hydrogen) atoms. The van der Waals surface area contributed by atoms with E-state index in [1.807, 2.05) is 43.8 Å². The van der Waals surface area contributed by atoms with E-state index in [1.54, 1.807) is 17.0 Å². The second-order valence-corrected chi connectivity index (χ2v) is 10.1. The van der Waals surface area contributed by atoms with Gasteiger partial charge in [-0.15, -0.1) is 0 Å². The van der Waals surface area contributed by atoms with Crippen LogP contribution in [0.5, 0.6) is 11.5 Å². The van der Waals surface area contributed by atoms with E-state index in [0.717, 1.165) is 48.8 Å². The minimum atomic E-state index is -0.536. The van der Waals surface area contributed by atoms with Crippen molar-refractivity contribution in [2.45, 2.75) is 64.3 Å². The smallest absolute Gasteiger partial charge is 0.410 e. The molecule has 1 amide bonds. The lowest BCUT2D eigenvalue weighted by molar-refractivity contribution is -0.0366. The van der Waals surface area contributed by atoms with Crippen LogP contribution in [0.2, 0.25) is 0 Å². The van der Waals surface area contributed by atoms with Crippen LogP contribution in [0.1, 0.15) is 52.7 Å². The predicted octanol–water partition coefficient (Wildman–Crippen LogP) is 4.89. The summed E-state index contributed by atoms with van der Waals surface area (Å²) in [7, 11) is 0. The number of fused-ring (bicyclic) bond motifs is 1. The molecule has 1 N–H and O–H groups in total. The molecule has 9 heteroatoms. The van der Waals surface area contributed by atoms with Crippen LogP contribution in [0.15, 0.2) is 36.7 Å². The first-order chi connectivity index (χ1) is 16.8. The Hall–Kier alpha value is -3.33. The molecule has 3 aromatic rings. The standard InChI is InChI=1S/C26H32N4O5/c1-26(2,3)35-25(32)29-10-9-18(29)16-34-23-13-17(21-8-7-19(31)14-27-21)12-22-20(23)15-28-30(22)24-6-4-5-11-33-24/h7-8,12-15,18,24,31H,4-6,9-11,16H2,1-3H3. The lowest BCUT2D eigenvalue weighted by Gasteiger charge is -2.41. The maximum atomic E-state index is 12.5. The normalized spacial score (nSPS) is 20.5. The maximum Gasteiger partial charge on any atom is 0.410 e. The van der Waals surface area contributed by atoms with E-state index in [9.17, 15) is 9.90 Å². The number of rotatable bonds is 5. The van der Waals surface area contributed by atoms with E-state index >= 15 is 0 Å². The zero-order valence-electron chi connectivity index (χ0n) is 20.4. The Bertz CT molecular complexity index is 1190. The highest BCUT2D eigenvalue weighted by Gasteiger charge is 2.36. The number of likely N-dealkylation sites (tertiary alicyclic amines) is 1. The first-order valence-corrected chi connectivity index (χ1v) is 12.2. The van der Waals surface area contributed by atoms with Crippen molar-refractivity contribution in [2.24, 2.45) is 0 Å². The number of ether oxygens (including phenoxy) is 3. The average Bonchev–Trinajstić information content (AvgIpc) is 3.22. The summed E-state index contributed by atoms with van der Waals surface area (Å²) in [6.07, 6.45) is 6.72. The summed E-state index contributed by atoms with van der Waals surface area (Å²) in [6, 6.07) is 7.30. The summed E-state index contributed by atoms with van der Waals surface area (Å²) in [5, 5.41) is 15.2. The Labute approximate surface area is 204 Å². The molecule has 2 aliphatic rings. The van der Waals surface area contributed by atoms with Crippen molar-refractivity contribution in [2.75, 3.05) is 19.8 Å². The van der Waals surface area contributed by atoms with Crippen molar-refractivity contribution >= 4 is 17.0 Å². The first kappa shape index (κ1) is 23.4. The minimum absolute atomic E-state index is 0.0490. The second-order valence-electron chi connectivity index (χ2n) is 10.1. The van der Waals surface area contributed by atoms with Crippen molar-refractivity contribution in [1.82, 2.24) is 19.7 Å². The third kappa shape index (κ3) is 5.05. The van der Waals surface area contributed by atoms with Crippen LogP contribution in [0, 0.1) is 0 Å². The summed E-state index contributed by atoms with van der Waals surface area (Å²) in [5.74, 6) is 0.782. The van der Waals surface area contributed by atoms with Crippen molar-refractivity contribution in [3.63, 3.8) is 0 Å². The summed E-state index contributed by atoms with van der Waals surface area (Å²) in [4.78, 5) is 18.6. The molecule has 2 aliphatic heterocycles. The largest absolute Gasteiger partial charge is 0.506 e. The highest BCUT2D eigenvalue weighted by Crippen LogP contribution is 2.36. The number of benzene rings is 1. The van der Waals surface area contributed by atoms with Crippen LogP contribution >= 0.6 is 0 Å². The van der Waals surface area contributed by atoms with Gasteiger partial charge in [0.05, 0.1) is 35.0 Å². The molecule has 1 aromatic carbocycles. The van der Waals surface area contributed by atoms with Gasteiger partial charge in [0.1, 0.15) is 23.7 Å². The van der Waals surface area contributed by atoms with Crippen molar-refractivity contribution < 1.29 is 24.1 Å². The Kier molecular flexibility index (Phi) is 6.27. The van der Waals surface area contributed by atoms with Gasteiger partial charge in [-0.2, -0.15) is 5.10 Å². The van der Waals surface area contributed by atoms with Gasteiger partial charge in [0.2, 0.25) is 0 Å². The van der Waals surface area contributed by atoms with Gasteiger partial charge in [-0.05, 0) is 70.7 Å². The molecule has 4 heterocycles. The van der Waals surface area contributed by atoms with Gasteiger partial charge < -0.3 is 24.2 Å². The summed E-state index contributed by atoms with van der Waals surface area (Å²) >= 11 is 0. The molecule has 0 aliphatic carbocycles. The summed E-state index contributed by atoms with van der Waals surface area (Å²) in [6.45, 7) is 7.33. The number of pyridine rings is 1. The van der Waals surface area contributed by atoms with Gasteiger partial charge in [0.15, 0.2) is 6.23 Å². The Morgan fingerprint density at radius 1 is 1.20 bits per heavy atom. The number of hydrogen-bond acceptors (Lipinski definition) is 7. The van der Waals surface area contributed by atoms with E-state index in [1.165, 1.54) is 6.20 Å². The maximum absolute atomic E-state index is 12.5. The van der Waals surface area contributed by atoms with E-state index < -0.39 is 5.60 Å². The fraction of sp³-hybridized carbons (Fsp3) is 0.500. The number of carbonyl (C=O) groups excluding carboxylic acids is 1. The molecule has 2 aromatic heterocycles. The molecule has 0 radical (unpaired) electrons. The van der Waals surface area contributed by atoms with Crippen molar-refractivity contribution in [3.05, 3.63) is 36.7 Å². The van der Waals surface area contributed by atoms with E-state index in [2.05, 4.69) is 10.1 Å². The molecule has 2 saturated heterocycles. The highest BCUT2D eigenvalue weighted by atomic mass is 16.6. The number of amides is 1. The quantitative estimate of drug-likeness (QED) is 0.555. The molecule has 0 saturated carbocycles. The van der Waals surface area contributed by atoms with Crippen LogP contribution in [0.3, 0.4) is 0 Å². The highest BCUT2D eigenvalue weighted by molar-refractivity contribution is 5.90. The topological polar surface area (TPSA) is 98.9 Å². The third-order valence-electron chi connectivity index (χ3n) is 6.35.